The molecule has 1 aliphatic carbocycles. The van der Waals surface area contributed by atoms with Gasteiger partial charge in [-0.15, -0.1) is 0 Å². The molecule has 1 aromatic rings. The van der Waals surface area contributed by atoms with E-state index in [9.17, 15) is 4.79 Å². The lowest BCUT2D eigenvalue weighted by Gasteiger charge is -2.33. The number of carbonyl (C=O) groups is 1. The summed E-state index contributed by atoms with van der Waals surface area (Å²) < 4.78 is 0. The van der Waals surface area contributed by atoms with Gasteiger partial charge in [0.25, 0.3) is 5.91 Å². The number of benzene rings is 1. The first-order valence-corrected chi connectivity index (χ1v) is 6.95. The molecule has 18 heavy (non-hydrogen) atoms. The van der Waals surface area contributed by atoms with Gasteiger partial charge in [0.15, 0.2) is 0 Å². The number of rotatable bonds is 3. The Morgan fingerprint density at radius 2 is 1.83 bits per heavy atom. The van der Waals surface area contributed by atoms with Gasteiger partial charge in [0.2, 0.25) is 0 Å². The fourth-order valence-corrected chi connectivity index (χ4v) is 2.77. The molecule has 2 rings (SSSR count). The molecule has 0 aliphatic heterocycles. The molecule has 0 bridgehead atoms. The summed E-state index contributed by atoms with van der Waals surface area (Å²) >= 11 is 0. The standard InChI is InChI=1S/C16H22NO/c1-3-17(15-7-5-4-6-8-15)16(18)14-11-9-13(2)10-12-14/h9-12,15H,2-8H2,1H3. The number of carbonyl (C=O) groups excluding carboxylic acids is 1. The lowest BCUT2D eigenvalue weighted by Crippen LogP contribution is -2.41. The third-order valence-electron chi connectivity index (χ3n) is 3.82. The monoisotopic (exact) mass is 244 g/mol. The highest BCUT2D eigenvalue weighted by atomic mass is 16.2. The van der Waals surface area contributed by atoms with Crippen LogP contribution in [0.4, 0.5) is 0 Å². The summed E-state index contributed by atoms with van der Waals surface area (Å²) in [5.41, 5.74) is 1.74. The van der Waals surface area contributed by atoms with E-state index in [1.54, 1.807) is 0 Å². The maximum absolute atomic E-state index is 12.5. The Morgan fingerprint density at radius 1 is 1.22 bits per heavy atom. The van der Waals surface area contributed by atoms with E-state index in [0.717, 1.165) is 30.5 Å². The molecule has 0 unspecified atom stereocenters. The van der Waals surface area contributed by atoms with Crippen LogP contribution in [0.2, 0.25) is 0 Å². The van der Waals surface area contributed by atoms with Crippen molar-refractivity contribution in [1.29, 1.82) is 0 Å². The minimum Gasteiger partial charge on any atom is -0.336 e. The van der Waals surface area contributed by atoms with Gasteiger partial charge < -0.3 is 4.90 Å². The number of hydrogen-bond donors (Lipinski definition) is 0. The normalized spacial score (nSPS) is 16.6. The average Bonchev–Trinajstić information content (AvgIpc) is 2.41. The van der Waals surface area contributed by atoms with Gasteiger partial charge in [0.05, 0.1) is 0 Å². The summed E-state index contributed by atoms with van der Waals surface area (Å²) in [5.74, 6) is 0.171. The Balaban J connectivity index is 2.11. The second-order valence-electron chi connectivity index (χ2n) is 5.08. The molecule has 0 aromatic heterocycles. The summed E-state index contributed by atoms with van der Waals surface area (Å²) in [6.45, 7) is 6.72. The van der Waals surface area contributed by atoms with Crippen molar-refractivity contribution in [3.8, 4) is 0 Å². The molecule has 2 heteroatoms. The van der Waals surface area contributed by atoms with E-state index in [2.05, 4.69) is 13.8 Å². The summed E-state index contributed by atoms with van der Waals surface area (Å²) in [5, 5.41) is 0. The van der Waals surface area contributed by atoms with Gasteiger partial charge >= 0.3 is 0 Å². The average molecular weight is 244 g/mol. The second-order valence-corrected chi connectivity index (χ2v) is 5.08. The van der Waals surface area contributed by atoms with E-state index in [4.69, 9.17) is 0 Å². The van der Waals surface area contributed by atoms with Crippen molar-refractivity contribution < 1.29 is 4.79 Å². The third-order valence-corrected chi connectivity index (χ3v) is 3.82. The molecule has 1 fully saturated rings. The minimum absolute atomic E-state index is 0.171. The van der Waals surface area contributed by atoms with Crippen LogP contribution in [0.3, 0.4) is 0 Å². The van der Waals surface area contributed by atoms with Gasteiger partial charge in [0, 0.05) is 18.2 Å². The van der Waals surface area contributed by atoms with Gasteiger partial charge in [-0.1, -0.05) is 31.4 Å². The van der Waals surface area contributed by atoms with Crippen LogP contribution >= 0.6 is 0 Å². The van der Waals surface area contributed by atoms with Crippen molar-refractivity contribution in [3.63, 3.8) is 0 Å². The van der Waals surface area contributed by atoms with Crippen LogP contribution in [-0.4, -0.2) is 23.4 Å². The SMILES string of the molecule is [CH2]c1ccc(C(=O)N(CC)C2CCCCC2)cc1. The highest BCUT2D eigenvalue weighted by Crippen LogP contribution is 2.23. The first kappa shape index (κ1) is 13.1. The molecule has 97 valence electrons. The predicted octanol–water partition coefficient (Wildman–Crippen LogP) is 3.66. The molecule has 1 amide bonds. The Labute approximate surface area is 110 Å². The van der Waals surface area contributed by atoms with Crippen LogP contribution in [0.1, 0.15) is 54.9 Å². The number of hydrogen-bond acceptors (Lipinski definition) is 1. The predicted molar refractivity (Wildman–Crippen MR) is 74.5 cm³/mol. The van der Waals surface area contributed by atoms with E-state index in [1.165, 1.54) is 19.3 Å². The Hall–Kier alpha value is -1.31. The van der Waals surface area contributed by atoms with Crippen molar-refractivity contribution in [1.82, 2.24) is 4.90 Å². The summed E-state index contributed by atoms with van der Waals surface area (Å²) in [4.78, 5) is 14.5. The summed E-state index contributed by atoms with van der Waals surface area (Å²) in [6.07, 6.45) is 6.15. The second kappa shape index (κ2) is 6.03. The third kappa shape index (κ3) is 2.92. The van der Waals surface area contributed by atoms with Crippen LogP contribution in [0, 0.1) is 6.92 Å². The molecule has 0 heterocycles. The van der Waals surface area contributed by atoms with Crippen LogP contribution in [0.15, 0.2) is 24.3 Å². The Kier molecular flexibility index (Phi) is 4.40. The van der Waals surface area contributed by atoms with Crippen molar-refractivity contribution in [2.24, 2.45) is 0 Å². The van der Waals surface area contributed by atoms with Crippen molar-refractivity contribution in [2.75, 3.05) is 6.54 Å². The molecule has 2 nitrogen and oxygen atoms in total. The van der Waals surface area contributed by atoms with E-state index in [-0.39, 0.29) is 5.91 Å². The van der Waals surface area contributed by atoms with Gasteiger partial charge in [-0.3, -0.25) is 4.79 Å². The van der Waals surface area contributed by atoms with Crippen molar-refractivity contribution >= 4 is 5.91 Å². The zero-order chi connectivity index (χ0) is 13.0. The first-order chi connectivity index (χ1) is 8.72. The Bertz CT molecular complexity index is 390. The van der Waals surface area contributed by atoms with E-state index in [1.807, 2.05) is 29.2 Å². The van der Waals surface area contributed by atoms with Crippen molar-refractivity contribution in [3.05, 3.63) is 42.3 Å². The summed E-state index contributed by atoms with van der Waals surface area (Å²) in [7, 11) is 0. The minimum atomic E-state index is 0.171. The molecule has 0 N–H and O–H groups in total. The molecule has 1 radical (unpaired) electrons. The molecule has 0 saturated heterocycles. The zero-order valence-electron chi connectivity index (χ0n) is 11.2. The van der Waals surface area contributed by atoms with Gasteiger partial charge in [-0.2, -0.15) is 0 Å². The smallest absolute Gasteiger partial charge is 0.254 e. The van der Waals surface area contributed by atoms with E-state index in [0.29, 0.717) is 6.04 Å². The molecule has 1 aromatic carbocycles. The van der Waals surface area contributed by atoms with Gasteiger partial charge in [-0.05, 0) is 44.4 Å². The highest BCUT2D eigenvalue weighted by Gasteiger charge is 2.24. The molecule has 0 atom stereocenters. The molecule has 0 spiro atoms. The zero-order valence-corrected chi connectivity index (χ0v) is 11.2. The molecular weight excluding hydrogens is 222 g/mol. The van der Waals surface area contributed by atoms with Gasteiger partial charge in [0.1, 0.15) is 0 Å². The summed E-state index contributed by atoms with van der Waals surface area (Å²) in [6, 6.07) is 8.02. The maximum Gasteiger partial charge on any atom is 0.254 e. The van der Waals surface area contributed by atoms with Crippen LogP contribution in [0.25, 0.3) is 0 Å². The fraction of sp³-hybridized carbons (Fsp3) is 0.500. The van der Waals surface area contributed by atoms with Crippen LogP contribution < -0.4 is 0 Å². The molecule has 1 saturated carbocycles. The molecule has 1 aliphatic rings. The lowest BCUT2D eigenvalue weighted by atomic mass is 9.93. The topological polar surface area (TPSA) is 20.3 Å². The van der Waals surface area contributed by atoms with Crippen molar-refractivity contribution in [2.45, 2.75) is 45.1 Å². The largest absolute Gasteiger partial charge is 0.336 e. The number of amides is 1. The lowest BCUT2D eigenvalue weighted by molar-refractivity contribution is 0.0648. The van der Waals surface area contributed by atoms with Gasteiger partial charge in [-0.25, -0.2) is 0 Å². The number of nitrogens with zero attached hydrogens (tertiary/aromatic N) is 1. The van der Waals surface area contributed by atoms with E-state index < -0.39 is 0 Å². The fourth-order valence-electron chi connectivity index (χ4n) is 2.77. The van der Waals surface area contributed by atoms with Crippen LogP contribution in [0.5, 0.6) is 0 Å². The van der Waals surface area contributed by atoms with Crippen LogP contribution in [-0.2, 0) is 0 Å². The van der Waals surface area contributed by atoms with E-state index >= 15 is 0 Å². The Morgan fingerprint density at radius 3 is 2.39 bits per heavy atom. The molecular formula is C16H22NO. The quantitative estimate of drug-likeness (QED) is 0.794. The first-order valence-electron chi connectivity index (χ1n) is 6.95. The highest BCUT2D eigenvalue weighted by molar-refractivity contribution is 5.94. The maximum atomic E-state index is 12.5.